The van der Waals surface area contributed by atoms with E-state index in [9.17, 15) is 18.3 Å². The molecule has 1 heterocycles. The van der Waals surface area contributed by atoms with Crippen molar-refractivity contribution in [2.45, 2.75) is 29.8 Å². The molecule has 0 radical (unpaired) electrons. The summed E-state index contributed by atoms with van der Waals surface area (Å²) in [6.07, 6.45) is 1.80. The van der Waals surface area contributed by atoms with Crippen LogP contribution in [-0.4, -0.2) is 47.6 Å². The van der Waals surface area contributed by atoms with E-state index in [2.05, 4.69) is 0 Å². The zero-order chi connectivity index (χ0) is 15.3. The summed E-state index contributed by atoms with van der Waals surface area (Å²) in [5.41, 5.74) is -0.296. The average molecular weight is 311 g/mol. The summed E-state index contributed by atoms with van der Waals surface area (Å²) in [7, 11) is -3.60. The summed E-state index contributed by atoms with van der Waals surface area (Å²) in [6.45, 7) is 0.299. The largest absolute Gasteiger partial charge is 0.481 e. The van der Waals surface area contributed by atoms with Crippen molar-refractivity contribution in [2.75, 3.05) is 13.1 Å². The van der Waals surface area contributed by atoms with Crippen molar-refractivity contribution in [1.29, 1.82) is 0 Å². The lowest BCUT2D eigenvalue weighted by Crippen LogP contribution is -2.64. The van der Waals surface area contributed by atoms with Gasteiger partial charge in [0.15, 0.2) is 0 Å². The molecule has 7 heteroatoms. The van der Waals surface area contributed by atoms with Crippen LogP contribution in [-0.2, 0) is 21.2 Å². The molecule has 0 atom stereocenters. The number of aliphatic hydroxyl groups is 1. The van der Waals surface area contributed by atoms with Gasteiger partial charge in [0.05, 0.1) is 16.9 Å². The van der Waals surface area contributed by atoms with Crippen LogP contribution in [0.15, 0.2) is 29.2 Å². The molecule has 21 heavy (non-hydrogen) atoms. The lowest BCUT2D eigenvalue weighted by atomic mass is 9.91. The van der Waals surface area contributed by atoms with Crippen molar-refractivity contribution in [3.8, 4) is 0 Å². The third-order valence-electron chi connectivity index (χ3n) is 4.15. The predicted molar refractivity (Wildman–Crippen MR) is 74.2 cm³/mol. The molecule has 1 aliphatic carbocycles. The molecule has 1 aliphatic heterocycles. The Labute approximate surface area is 123 Å². The van der Waals surface area contributed by atoms with Gasteiger partial charge in [-0.25, -0.2) is 8.42 Å². The summed E-state index contributed by atoms with van der Waals surface area (Å²) >= 11 is 0. The molecular formula is C14H17NO5S. The number of carbonyl (C=O) groups is 1. The molecule has 0 aromatic heterocycles. The number of carboxylic acids is 1. The molecule has 3 rings (SSSR count). The first-order valence-corrected chi connectivity index (χ1v) is 8.28. The van der Waals surface area contributed by atoms with Gasteiger partial charge in [-0.05, 0) is 36.5 Å². The Morgan fingerprint density at radius 2 is 1.81 bits per heavy atom. The highest BCUT2D eigenvalue weighted by atomic mass is 32.2. The van der Waals surface area contributed by atoms with Crippen molar-refractivity contribution in [3.63, 3.8) is 0 Å². The Balaban J connectivity index is 1.72. The number of sulfonamides is 1. The van der Waals surface area contributed by atoms with Crippen LogP contribution in [0.4, 0.5) is 0 Å². The molecule has 6 nitrogen and oxygen atoms in total. The Morgan fingerprint density at radius 1 is 1.24 bits per heavy atom. The molecule has 1 saturated carbocycles. The van der Waals surface area contributed by atoms with Crippen LogP contribution in [0.3, 0.4) is 0 Å². The molecule has 2 aliphatic rings. The Kier molecular flexibility index (Phi) is 3.31. The fourth-order valence-electron chi connectivity index (χ4n) is 2.72. The molecule has 2 N–H and O–H groups in total. The van der Waals surface area contributed by atoms with E-state index >= 15 is 0 Å². The van der Waals surface area contributed by atoms with Gasteiger partial charge >= 0.3 is 5.97 Å². The Hall–Kier alpha value is -1.44. The number of hydrogen-bond donors (Lipinski definition) is 2. The monoisotopic (exact) mass is 311 g/mol. The van der Waals surface area contributed by atoms with E-state index in [4.69, 9.17) is 5.11 Å². The quantitative estimate of drug-likeness (QED) is 0.824. The van der Waals surface area contributed by atoms with Crippen LogP contribution in [0.1, 0.15) is 18.4 Å². The second-order valence-electron chi connectivity index (χ2n) is 5.87. The third-order valence-corrected chi connectivity index (χ3v) is 5.96. The second kappa shape index (κ2) is 4.79. The van der Waals surface area contributed by atoms with Gasteiger partial charge in [0, 0.05) is 13.1 Å². The third kappa shape index (κ3) is 2.68. The van der Waals surface area contributed by atoms with E-state index in [0.29, 0.717) is 5.56 Å². The maximum absolute atomic E-state index is 12.4. The van der Waals surface area contributed by atoms with E-state index in [1.54, 1.807) is 0 Å². The smallest absolute Gasteiger partial charge is 0.307 e. The minimum absolute atomic E-state index is 0.133. The summed E-state index contributed by atoms with van der Waals surface area (Å²) in [5.74, 6) is -0.718. The number of hydrogen-bond acceptors (Lipinski definition) is 4. The Bertz CT molecular complexity index is 657. The number of carboxylic acid groups (broad SMARTS) is 1. The minimum Gasteiger partial charge on any atom is -0.481 e. The molecule has 0 bridgehead atoms. The standard InChI is InChI=1S/C14H17NO5S/c16-13(17)7-10-1-5-12(6-2-10)21(19,20)15-8-14(18,9-15)11-3-4-11/h1-2,5-6,11,18H,3-4,7-9H2,(H,16,17). The van der Waals surface area contributed by atoms with Crippen LogP contribution in [0.2, 0.25) is 0 Å². The molecule has 1 aromatic rings. The normalized spacial score (nSPS) is 21.8. The number of rotatable bonds is 5. The van der Waals surface area contributed by atoms with Gasteiger partial charge in [-0.1, -0.05) is 12.1 Å². The van der Waals surface area contributed by atoms with E-state index in [0.717, 1.165) is 12.8 Å². The molecule has 0 spiro atoms. The minimum atomic E-state index is -3.60. The van der Waals surface area contributed by atoms with Gasteiger partial charge in [0.2, 0.25) is 10.0 Å². The van der Waals surface area contributed by atoms with Gasteiger partial charge in [0.1, 0.15) is 0 Å². The van der Waals surface area contributed by atoms with E-state index in [-0.39, 0.29) is 30.3 Å². The lowest BCUT2D eigenvalue weighted by molar-refractivity contribution is -0.136. The van der Waals surface area contributed by atoms with Gasteiger partial charge in [0.25, 0.3) is 0 Å². The first-order chi connectivity index (χ1) is 9.81. The van der Waals surface area contributed by atoms with Crippen LogP contribution < -0.4 is 0 Å². The van der Waals surface area contributed by atoms with E-state index in [1.165, 1.54) is 28.6 Å². The highest BCUT2D eigenvalue weighted by Crippen LogP contribution is 2.45. The molecule has 0 unspecified atom stereocenters. The first kappa shape index (κ1) is 14.5. The van der Waals surface area contributed by atoms with Gasteiger partial charge in [-0.15, -0.1) is 0 Å². The first-order valence-electron chi connectivity index (χ1n) is 6.84. The highest BCUT2D eigenvalue weighted by molar-refractivity contribution is 7.89. The summed E-state index contributed by atoms with van der Waals surface area (Å²) in [6, 6.07) is 5.85. The topological polar surface area (TPSA) is 94.9 Å². The van der Waals surface area contributed by atoms with Gasteiger partial charge < -0.3 is 10.2 Å². The maximum atomic E-state index is 12.4. The van der Waals surface area contributed by atoms with E-state index < -0.39 is 21.6 Å². The summed E-state index contributed by atoms with van der Waals surface area (Å²) in [5, 5.41) is 18.9. The zero-order valence-electron chi connectivity index (χ0n) is 11.4. The predicted octanol–water partition coefficient (Wildman–Crippen LogP) is 0.459. The lowest BCUT2D eigenvalue weighted by Gasteiger charge is -2.45. The van der Waals surface area contributed by atoms with Crippen molar-refractivity contribution in [2.24, 2.45) is 5.92 Å². The molecule has 114 valence electrons. The van der Waals surface area contributed by atoms with Crippen molar-refractivity contribution >= 4 is 16.0 Å². The van der Waals surface area contributed by atoms with Crippen LogP contribution in [0.5, 0.6) is 0 Å². The molecular weight excluding hydrogens is 294 g/mol. The SMILES string of the molecule is O=C(O)Cc1ccc(S(=O)(=O)N2CC(O)(C3CC3)C2)cc1. The van der Waals surface area contributed by atoms with Crippen molar-refractivity contribution in [1.82, 2.24) is 4.31 Å². The molecule has 2 fully saturated rings. The summed E-state index contributed by atoms with van der Waals surface area (Å²) < 4.78 is 26.0. The number of aliphatic carboxylic acids is 1. The fraction of sp³-hybridized carbons (Fsp3) is 0.500. The van der Waals surface area contributed by atoms with Gasteiger partial charge in [-0.2, -0.15) is 4.31 Å². The molecule has 1 aromatic carbocycles. The Morgan fingerprint density at radius 3 is 2.29 bits per heavy atom. The summed E-state index contributed by atoms with van der Waals surface area (Å²) in [4.78, 5) is 10.7. The number of nitrogens with zero attached hydrogens (tertiary/aromatic N) is 1. The van der Waals surface area contributed by atoms with Crippen LogP contribution >= 0.6 is 0 Å². The van der Waals surface area contributed by atoms with Crippen molar-refractivity contribution < 1.29 is 23.4 Å². The molecule has 1 saturated heterocycles. The second-order valence-corrected chi connectivity index (χ2v) is 7.80. The van der Waals surface area contributed by atoms with Crippen molar-refractivity contribution in [3.05, 3.63) is 29.8 Å². The number of benzene rings is 1. The highest BCUT2D eigenvalue weighted by Gasteiger charge is 2.55. The van der Waals surface area contributed by atoms with Gasteiger partial charge in [-0.3, -0.25) is 4.79 Å². The fourth-order valence-corrected chi connectivity index (χ4v) is 4.28. The van der Waals surface area contributed by atoms with Crippen LogP contribution in [0.25, 0.3) is 0 Å². The van der Waals surface area contributed by atoms with E-state index in [1.807, 2.05) is 0 Å². The molecule has 0 amide bonds. The zero-order valence-corrected chi connectivity index (χ0v) is 12.2. The maximum Gasteiger partial charge on any atom is 0.307 e. The average Bonchev–Trinajstić information content (AvgIpc) is 3.19. The van der Waals surface area contributed by atoms with Crippen LogP contribution in [0, 0.1) is 5.92 Å². The number of β-amino-alcohol motifs (C(OH)–C–C–N with tert-alkyl or cyclic N) is 1.